The largest absolute Gasteiger partial charge is 0.514 e. The van der Waals surface area contributed by atoms with Crippen LogP contribution in [0.15, 0.2) is 64.4 Å². The summed E-state index contributed by atoms with van der Waals surface area (Å²) in [6, 6.07) is 10.9. The monoisotopic (exact) mass is 621 g/mol. The average molecular weight is 622 g/mol. The van der Waals surface area contributed by atoms with Crippen molar-refractivity contribution in [3.05, 3.63) is 92.4 Å². The molecule has 3 aromatic rings. The maximum atomic E-state index is 14.1. The van der Waals surface area contributed by atoms with Crippen LogP contribution >= 0.6 is 23.4 Å². The number of alkyl halides is 3. The van der Waals surface area contributed by atoms with Gasteiger partial charge >= 0.3 is 12.3 Å². The Kier molecular flexibility index (Phi) is 7.73. The first-order valence-corrected chi connectivity index (χ1v) is 14.3. The molecule has 0 N–H and O–H groups in total. The molecule has 1 amide bonds. The van der Waals surface area contributed by atoms with Crippen molar-refractivity contribution >= 4 is 35.4 Å². The number of benzene rings is 2. The molecular formula is C29H27ClF3N3O5S. The first kappa shape index (κ1) is 29.8. The molecule has 2 aromatic carbocycles. The highest BCUT2D eigenvalue weighted by atomic mass is 35.5. The van der Waals surface area contributed by atoms with E-state index >= 15 is 0 Å². The van der Waals surface area contributed by atoms with Gasteiger partial charge in [-0.15, -0.1) is 11.8 Å². The molecule has 5 rings (SSSR count). The SMILES string of the molecule is C[C@@H](N1CN([C@@H]2c3ccccc3SCc3c(Cl)cccc32)n2ccc(=O)c(OC(=O)OC(C)(C)C)c2C1=O)C(F)(F)F. The molecule has 0 spiro atoms. The topological polar surface area (TPSA) is 81.1 Å². The zero-order valence-corrected chi connectivity index (χ0v) is 24.6. The van der Waals surface area contributed by atoms with E-state index in [0.29, 0.717) is 21.2 Å². The number of thioether (sulfide) groups is 1. The van der Waals surface area contributed by atoms with Gasteiger partial charge in [-0.1, -0.05) is 41.9 Å². The molecule has 0 saturated carbocycles. The van der Waals surface area contributed by atoms with E-state index in [4.69, 9.17) is 21.1 Å². The maximum Gasteiger partial charge on any atom is 0.514 e. The predicted octanol–water partition coefficient (Wildman–Crippen LogP) is 6.51. The van der Waals surface area contributed by atoms with Crippen molar-refractivity contribution in [1.29, 1.82) is 0 Å². The van der Waals surface area contributed by atoms with E-state index in [-0.39, 0.29) is 0 Å². The number of ether oxygens (including phenoxy) is 2. The van der Waals surface area contributed by atoms with Crippen LogP contribution in [0.1, 0.15) is 60.9 Å². The first-order chi connectivity index (χ1) is 19.7. The summed E-state index contributed by atoms with van der Waals surface area (Å²) < 4.78 is 54.1. The number of pyridine rings is 1. The van der Waals surface area contributed by atoms with Crippen molar-refractivity contribution in [3.8, 4) is 5.75 Å². The Labute approximate surface area is 248 Å². The third-order valence-electron chi connectivity index (χ3n) is 6.92. The van der Waals surface area contributed by atoms with Gasteiger partial charge in [-0.2, -0.15) is 13.2 Å². The summed E-state index contributed by atoms with van der Waals surface area (Å²) in [4.78, 5) is 40.9. The van der Waals surface area contributed by atoms with Crippen molar-refractivity contribution in [2.75, 3.05) is 11.7 Å². The van der Waals surface area contributed by atoms with Crippen LogP contribution in [0.2, 0.25) is 5.02 Å². The van der Waals surface area contributed by atoms with E-state index in [1.165, 1.54) is 22.6 Å². The third kappa shape index (κ3) is 5.57. The minimum atomic E-state index is -4.79. The lowest BCUT2D eigenvalue weighted by molar-refractivity contribution is -0.173. The maximum absolute atomic E-state index is 14.1. The lowest BCUT2D eigenvalue weighted by atomic mass is 9.94. The molecular weight excluding hydrogens is 595 g/mol. The fourth-order valence-corrected chi connectivity index (χ4v) is 6.41. The van der Waals surface area contributed by atoms with Crippen LogP contribution in [0.25, 0.3) is 0 Å². The molecule has 13 heteroatoms. The molecule has 0 bridgehead atoms. The molecule has 1 aromatic heterocycles. The van der Waals surface area contributed by atoms with Crippen LogP contribution in [0, 0.1) is 0 Å². The summed E-state index contributed by atoms with van der Waals surface area (Å²) in [6.45, 7) is 5.08. The van der Waals surface area contributed by atoms with Crippen LogP contribution in [-0.4, -0.2) is 46.1 Å². The summed E-state index contributed by atoms with van der Waals surface area (Å²) in [7, 11) is 0. The molecule has 0 saturated heterocycles. The lowest BCUT2D eigenvalue weighted by Gasteiger charge is -2.46. The first-order valence-electron chi connectivity index (χ1n) is 13.0. The second-order valence-corrected chi connectivity index (χ2v) is 12.3. The van der Waals surface area contributed by atoms with Crippen LogP contribution in [0.3, 0.4) is 0 Å². The lowest BCUT2D eigenvalue weighted by Crippen LogP contribution is -2.60. The van der Waals surface area contributed by atoms with Crippen LogP contribution in [0.5, 0.6) is 5.75 Å². The molecule has 0 unspecified atom stereocenters. The number of aromatic nitrogens is 1. The van der Waals surface area contributed by atoms with E-state index in [1.54, 1.807) is 37.9 Å². The minimum Gasteiger partial charge on any atom is -0.428 e. The summed E-state index contributed by atoms with van der Waals surface area (Å²) >= 11 is 8.15. The van der Waals surface area contributed by atoms with Gasteiger partial charge in [0.2, 0.25) is 11.2 Å². The Morgan fingerprint density at radius 3 is 2.43 bits per heavy atom. The van der Waals surface area contributed by atoms with Crippen molar-refractivity contribution in [1.82, 2.24) is 9.58 Å². The van der Waals surface area contributed by atoms with Crippen LogP contribution in [0.4, 0.5) is 18.0 Å². The average Bonchev–Trinajstić information content (AvgIpc) is 3.06. The summed E-state index contributed by atoms with van der Waals surface area (Å²) in [5.74, 6) is -1.36. The van der Waals surface area contributed by atoms with Gasteiger partial charge in [-0.05, 0) is 56.5 Å². The number of fused-ring (bicyclic) bond motifs is 3. The zero-order valence-electron chi connectivity index (χ0n) is 23.1. The van der Waals surface area contributed by atoms with Gasteiger partial charge in [0.25, 0.3) is 5.91 Å². The summed E-state index contributed by atoms with van der Waals surface area (Å²) in [5, 5.41) is 2.03. The Hall–Kier alpha value is -3.64. The van der Waals surface area contributed by atoms with E-state index in [1.807, 2.05) is 30.3 Å². The fourth-order valence-electron chi connectivity index (χ4n) is 4.94. The number of carbonyl (C=O) groups is 2. The fraction of sp³-hybridized carbons (Fsp3) is 0.345. The van der Waals surface area contributed by atoms with Gasteiger partial charge < -0.3 is 14.4 Å². The van der Waals surface area contributed by atoms with E-state index in [2.05, 4.69) is 0 Å². The molecule has 222 valence electrons. The van der Waals surface area contributed by atoms with Gasteiger partial charge in [0.15, 0.2) is 5.69 Å². The number of nitrogens with zero attached hydrogens (tertiary/aromatic N) is 3. The Bertz CT molecular complexity index is 1620. The highest BCUT2D eigenvalue weighted by Gasteiger charge is 2.48. The quantitative estimate of drug-likeness (QED) is 0.308. The second kappa shape index (κ2) is 10.9. The minimum absolute atomic E-state index is 0.487. The van der Waals surface area contributed by atoms with E-state index in [9.17, 15) is 27.6 Å². The predicted molar refractivity (Wildman–Crippen MR) is 152 cm³/mol. The zero-order chi connectivity index (χ0) is 30.6. The van der Waals surface area contributed by atoms with Crippen molar-refractivity contribution in [2.24, 2.45) is 0 Å². The molecule has 0 aliphatic carbocycles. The number of hydrogen-bond acceptors (Lipinski definition) is 7. The standard InChI is InChI=1S/C29H27ClF3N3O5S/c1-16(29(31,32)33)34-15-36(23-17-9-7-10-20(30)19(17)14-42-22-11-6-5-8-18(22)23)35-13-12-21(37)25(24(35)26(34)38)40-27(39)41-28(2,3)4/h5-13,16,23H,14-15H2,1-4H3/t16-,23+/m1/s1. The smallest absolute Gasteiger partial charge is 0.428 e. The van der Waals surface area contributed by atoms with Crippen LogP contribution < -0.4 is 15.2 Å². The van der Waals surface area contributed by atoms with Crippen molar-refractivity contribution < 1.29 is 32.2 Å². The molecule has 3 heterocycles. The normalized spacial score (nSPS) is 17.5. The van der Waals surface area contributed by atoms with E-state index < -0.39 is 59.5 Å². The highest BCUT2D eigenvalue weighted by Crippen LogP contribution is 2.45. The van der Waals surface area contributed by atoms with Gasteiger partial charge in [-0.25, -0.2) is 4.79 Å². The summed E-state index contributed by atoms with van der Waals surface area (Å²) in [5.41, 5.74) is -0.147. The third-order valence-corrected chi connectivity index (χ3v) is 8.39. The number of carbonyl (C=O) groups excluding carboxylic acids is 2. The van der Waals surface area contributed by atoms with Crippen molar-refractivity contribution in [2.45, 2.75) is 62.2 Å². The number of hydrogen-bond donors (Lipinski definition) is 0. The highest BCUT2D eigenvalue weighted by molar-refractivity contribution is 7.98. The van der Waals surface area contributed by atoms with E-state index in [0.717, 1.165) is 29.0 Å². The molecule has 0 radical (unpaired) electrons. The molecule has 2 atom stereocenters. The van der Waals surface area contributed by atoms with Gasteiger partial charge in [0.1, 0.15) is 18.3 Å². The Morgan fingerprint density at radius 1 is 1.05 bits per heavy atom. The Balaban J connectivity index is 1.76. The second-order valence-electron chi connectivity index (χ2n) is 10.9. The van der Waals surface area contributed by atoms with Gasteiger partial charge in [0.05, 0.1) is 6.04 Å². The van der Waals surface area contributed by atoms with Crippen LogP contribution in [-0.2, 0) is 10.5 Å². The van der Waals surface area contributed by atoms with Crippen molar-refractivity contribution in [3.63, 3.8) is 0 Å². The summed E-state index contributed by atoms with van der Waals surface area (Å²) in [6.07, 6.45) is -4.77. The number of halogens is 4. The van der Waals surface area contributed by atoms with Gasteiger partial charge in [-0.3, -0.25) is 19.3 Å². The number of rotatable bonds is 3. The molecule has 2 aliphatic heterocycles. The Morgan fingerprint density at radius 2 is 1.74 bits per heavy atom. The molecule has 0 fully saturated rings. The molecule has 8 nitrogen and oxygen atoms in total. The number of amides is 1. The molecule has 2 aliphatic rings. The van der Waals surface area contributed by atoms with Gasteiger partial charge in [0, 0.05) is 27.9 Å². The molecule has 42 heavy (non-hydrogen) atoms.